The summed E-state index contributed by atoms with van der Waals surface area (Å²) in [4.78, 5) is 33.5. The van der Waals surface area contributed by atoms with Crippen LogP contribution in [-0.2, 0) is 0 Å². The van der Waals surface area contributed by atoms with Gasteiger partial charge in [0, 0.05) is 21.9 Å². The van der Waals surface area contributed by atoms with Crippen LogP contribution >= 0.6 is 0 Å². The quantitative estimate of drug-likeness (QED) is 0.0644. The lowest BCUT2D eigenvalue weighted by Gasteiger charge is -2.19. The summed E-state index contributed by atoms with van der Waals surface area (Å²) in [7, 11) is 0. The highest BCUT2D eigenvalue weighted by Gasteiger charge is 2.25. The fourth-order valence-electron chi connectivity index (χ4n) is 6.22. The van der Waals surface area contributed by atoms with Crippen LogP contribution in [0.15, 0.2) is 107 Å². The van der Waals surface area contributed by atoms with Gasteiger partial charge in [-0.3, -0.25) is 0 Å². The summed E-state index contributed by atoms with van der Waals surface area (Å²) in [6.07, 6.45) is 0. The summed E-state index contributed by atoms with van der Waals surface area (Å²) >= 11 is 0. The number of fused-ring (bicyclic) bond motifs is 2. The molecule has 0 bridgehead atoms. The number of hydrogen-bond donors (Lipinski definition) is 4. The Morgan fingerprint density at radius 1 is 0.413 bits per heavy atom. The van der Waals surface area contributed by atoms with Gasteiger partial charge in [0.25, 0.3) is 0 Å². The van der Waals surface area contributed by atoms with E-state index in [4.69, 9.17) is 0 Å². The molecule has 224 valence electrons. The molecule has 0 heterocycles. The number of carboxylic acid groups (broad SMARTS) is 2. The van der Waals surface area contributed by atoms with Crippen LogP contribution in [0, 0.1) is 13.8 Å². The molecule has 4 N–H and O–H groups in total. The molecule has 0 aliphatic heterocycles. The Hall–Kier alpha value is -6.28. The van der Waals surface area contributed by atoms with E-state index < -0.39 is 11.9 Å². The highest BCUT2D eigenvalue weighted by Crippen LogP contribution is 2.44. The van der Waals surface area contributed by atoms with E-state index in [0.29, 0.717) is 60.2 Å². The third-order valence-electron chi connectivity index (χ3n) is 8.38. The average Bonchev–Trinajstić information content (AvgIpc) is 3.04. The molecule has 0 unspecified atom stereocenters. The van der Waals surface area contributed by atoms with Crippen molar-refractivity contribution in [2.45, 2.75) is 13.8 Å². The Labute approximate surface area is 262 Å². The first kappa shape index (κ1) is 28.5. The summed E-state index contributed by atoms with van der Waals surface area (Å²) in [5, 5.41) is 47.4. The van der Waals surface area contributed by atoms with Crippen molar-refractivity contribution < 1.29 is 30.0 Å². The highest BCUT2D eigenvalue weighted by atomic mass is 16.4. The molecule has 46 heavy (non-hydrogen) atoms. The van der Waals surface area contributed by atoms with Gasteiger partial charge in [0.05, 0.1) is 22.5 Å². The summed E-state index contributed by atoms with van der Waals surface area (Å²) in [6, 6.07) is 27.9. The Kier molecular flexibility index (Phi) is 6.63. The van der Waals surface area contributed by atoms with Gasteiger partial charge in [-0.1, -0.05) is 59.7 Å². The predicted molar refractivity (Wildman–Crippen MR) is 182 cm³/mol. The van der Waals surface area contributed by atoms with Crippen LogP contribution in [-0.4, -0.2) is 44.2 Å². The third-order valence-corrected chi connectivity index (χ3v) is 8.38. The maximum absolute atomic E-state index is 12.3. The first-order valence-electron chi connectivity index (χ1n) is 14.5. The van der Waals surface area contributed by atoms with Crippen molar-refractivity contribution in [1.29, 1.82) is 0 Å². The number of nitrogens with zero attached hydrogens (tertiary/aromatic N) is 2. The maximum atomic E-state index is 12.3. The van der Waals surface area contributed by atoms with E-state index in [9.17, 15) is 30.0 Å². The fraction of sp³-hybridized carbons (Fsp3) is 0.0526. The second-order valence-corrected chi connectivity index (χ2v) is 11.3. The molecule has 0 fully saturated rings. The number of rotatable bonds is 6. The Bertz CT molecular complexity index is 2280. The van der Waals surface area contributed by atoms with Crippen LogP contribution in [0.3, 0.4) is 0 Å². The van der Waals surface area contributed by atoms with E-state index in [1.165, 1.54) is 12.1 Å². The standard InChI is InChI=1S/C38H26N2O6/c1-19-3-7-21(8-4-19)39-35(41)27-15-11-23-25-13-17-29(37(43)44)34-30(38(45)46)18-14-26(32(25)34)24-12-16-28(33(27)31(23)24)36(42)40-22-9-5-20(2)6-10-22/h3-18H,1-2H3,(H,39,41)(H,40,42)(H,43,44)(H,45,46). The van der Waals surface area contributed by atoms with Gasteiger partial charge in [-0.2, -0.15) is 0 Å². The zero-order valence-electron chi connectivity index (χ0n) is 24.7. The molecule has 0 aliphatic rings. The Morgan fingerprint density at radius 3 is 1.04 bits per heavy atom. The normalized spacial score (nSPS) is 12.5. The molecule has 0 amide bonds. The second kappa shape index (κ2) is 10.7. The Morgan fingerprint density at radius 2 is 0.717 bits per heavy atom. The van der Waals surface area contributed by atoms with Crippen molar-refractivity contribution in [3.8, 4) is 0 Å². The molecule has 8 heteroatoms. The summed E-state index contributed by atoms with van der Waals surface area (Å²) in [6.45, 7) is 3.92. The first-order valence-corrected chi connectivity index (χ1v) is 14.5. The molecule has 0 aromatic heterocycles. The SMILES string of the molecule is Cc1ccc(N=C(O)c2ccc3c4ccc(C(=O)O)c5c(C(=O)O)ccc(c6ccc(C(O)=Nc7ccc(C)cc7)c2c36)c54)cc1. The number of carbonyl (C=O) groups is 2. The van der Waals surface area contributed by atoms with Gasteiger partial charge in [0.1, 0.15) is 0 Å². The average molecular weight is 607 g/mol. The molecule has 7 aromatic rings. The van der Waals surface area contributed by atoms with Crippen LogP contribution in [0.5, 0.6) is 0 Å². The van der Waals surface area contributed by atoms with Crippen LogP contribution in [0.25, 0.3) is 43.1 Å². The van der Waals surface area contributed by atoms with Crippen molar-refractivity contribution >= 4 is 78.2 Å². The van der Waals surface area contributed by atoms with Crippen molar-refractivity contribution in [3.63, 3.8) is 0 Å². The molecule has 0 spiro atoms. The number of aromatic carboxylic acids is 2. The molecular formula is C38H26N2O6. The fourth-order valence-corrected chi connectivity index (χ4v) is 6.22. The van der Waals surface area contributed by atoms with Gasteiger partial charge in [0.2, 0.25) is 11.8 Å². The van der Waals surface area contributed by atoms with E-state index in [1.807, 2.05) is 38.1 Å². The molecule has 7 aromatic carbocycles. The third kappa shape index (κ3) is 4.55. The van der Waals surface area contributed by atoms with Gasteiger partial charge < -0.3 is 20.4 Å². The zero-order valence-corrected chi connectivity index (χ0v) is 24.7. The number of carboxylic acids is 2. The smallest absolute Gasteiger partial charge is 0.336 e. The molecule has 0 atom stereocenters. The molecule has 0 saturated carbocycles. The molecular weight excluding hydrogens is 580 g/mol. The van der Waals surface area contributed by atoms with Crippen LogP contribution < -0.4 is 0 Å². The van der Waals surface area contributed by atoms with Crippen molar-refractivity contribution in [3.05, 3.63) is 130 Å². The maximum Gasteiger partial charge on any atom is 0.336 e. The van der Waals surface area contributed by atoms with Crippen LogP contribution in [0.4, 0.5) is 11.4 Å². The van der Waals surface area contributed by atoms with Crippen LogP contribution in [0.2, 0.25) is 0 Å². The summed E-state index contributed by atoms with van der Waals surface area (Å²) in [5.41, 5.74) is 3.65. The number of benzene rings is 7. The summed E-state index contributed by atoms with van der Waals surface area (Å²) < 4.78 is 0. The van der Waals surface area contributed by atoms with Gasteiger partial charge in [-0.15, -0.1) is 0 Å². The lowest BCUT2D eigenvalue weighted by atomic mass is 9.84. The van der Waals surface area contributed by atoms with Gasteiger partial charge in [0.15, 0.2) is 0 Å². The van der Waals surface area contributed by atoms with Crippen molar-refractivity contribution in [2.75, 3.05) is 0 Å². The van der Waals surface area contributed by atoms with Crippen LogP contribution in [0.1, 0.15) is 43.0 Å². The number of aliphatic hydroxyl groups is 2. The first-order chi connectivity index (χ1) is 22.1. The van der Waals surface area contributed by atoms with Crippen molar-refractivity contribution in [1.82, 2.24) is 0 Å². The molecule has 0 saturated heterocycles. The number of hydrogen-bond acceptors (Lipinski definition) is 4. The van der Waals surface area contributed by atoms with E-state index in [0.717, 1.165) is 11.1 Å². The number of aliphatic imine (C=N–C) groups is 2. The molecule has 8 nitrogen and oxygen atoms in total. The monoisotopic (exact) mass is 606 g/mol. The highest BCUT2D eigenvalue weighted by molar-refractivity contribution is 6.38. The second-order valence-electron chi connectivity index (χ2n) is 11.3. The largest absolute Gasteiger partial charge is 0.493 e. The lowest BCUT2D eigenvalue weighted by molar-refractivity contribution is 0.0695. The molecule has 0 radical (unpaired) electrons. The summed E-state index contributed by atoms with van der Waals surface area (Å²) in [5.74, 6) is -3.00. The van der Waals surface area contributed by atoms with Gasteiger partial charge in [-0.25, -0.2) is 19.6 Å². The van der Waals surface area contributed by atoms with Gasteiger partial charge in [-0.05, 0) is 94.7 Å². The topological polar surface area (TPSA) is 140 Å². The minimum atomic E-state index is -1.23. The minimum absolute atomic E-state index is 0.114. The van der Waals surface area contributed by atoms with E-state index >= 15 is 0 Å². The van der Waals surface area contributed by atoms with E-state index in [2.05, 4.69) is 9.98 Å². The molecule has 7 rings (SSSR count). The van der Waals surface area contributed by atoms with E-state index in [1.54, 1.807) is 60.7 Å². The van der Waals surface area contributed by atoms with Gasteiger partial charge >= 0.3 is 11.9 Å². The predicted octanol–water partition coefficient (Wildman–Crippen LogP) is 9.02. The lowest BCUT2D eigenvalue weighted by Crippen LogP contribution is -2.08. The zero-order chi connectivity index (χ0) is 32.3. The minimum Gasteiger partial charge on any atom is -0.493 e. The van der Waals surface area contributed by atoms with Crippen molar-refractivity contribution in [2.24, 2.45) is 9.98 Å². The number of aliphatic hydroxyl groups excluding tert-OH is 2. The molecule has 0 aliphatic carbocycles. The Balaban J connectivity index is 1.62. The number of aryl methyl sites for hydroxylation is 2. The van der Waals surface area contributed by atoms with E-state index in [-0.39, 0.29) is 28.3 Å².